The number of carbonyl (C=O) groups excluding carboxylic acids is 1. The maximum atomic E-state index is 11.3. The van der Waals surface area contributed by atoms with E-state index in [4.69, 9.17) is 10.5 Å². The molecular weight excluding hydrogens is 210 g/mol. The number of rotatable bonds is 3. The number of carbonyl (C=O) groups is 1. The zero-order chi connectivity index (χ0) is 11.1. The predicted molar refractivity (Wildman–Crippen MR) is 60.8 cm³/mol. The number of hydrogen-bond donors (Lipinski definition) is 1. The highest BCUT2D eigenvalue weighted by Gasteiger charge is 2.08. The lowest BCUT2D eigenvalue weighted by Gasteiger charge is -1.95. The lowest BCUT2D eigenvalue weighted by atomic mass is 10.4. The Labute approximate surface area is 93.2 Å². The molecule has 0 fully saturated rings. The van der Waals surface area contributed by atoms with Crippen molar-refractivity contribution in [2.75, 3.05) is 13.2 Å². The van der Waals surface area contributed by atoms with Crippen LogP contribution in [0.4, 0.5) is 0 Å². The highest BCUT2D eigenvalue weighted by Crippen LogP contribution is 2.16. The molecule has 15 heavy (non-hydrogen) atoms. The topological polar surface area (TPSA) is 52.3 Å². The summed E-state index contributed by atoms with van der Waals surface area (Å²) >= 11 is 1.34. The number of esters is 1. The van der Waals surface area contributed by atoms with Gasteiger partial charge in [-0.3, -0.25) is 0 Å². The minimum atomic E-state index is -0.283. The van der Waals surface area contributed by atoms with E-state index < -0.39 is 0 Å². The first-order chi connectivity index (χ1) is 7.27. The van der Waals surface area contributed by atoms with Crippen molar-refractivity contribution in [2.45, 2.75) is 13.3 Å². The van der Waals surface area contributed by atoms with Crippen LogP contribution in [0, 0.1) is 11.8 Å². The van der Waals surface area contributed by atoms with Gasteiger partial charge in [0, 0.05) is 13.0 Å². The summed E-state index contributed by atoms with van der Waals surface area (Å²) in [5, 5.41) is 0. The largest absolute Gasteiger partial charge is 0.462 e. The molecule has 0 aromatic carbocycles. The SMILES string of the molecule is CCOC(=O)c1ccc(C#CCCN)s1. The molecule has 0 aliphatic heterocycles. The van der Waals surface area contributed by atoms with Crippen molar-refractivity contribution < 1.29 is 9.53 Å². The molecule has 0 unspecified atom stereocenters. The standard InChI is InChI=1S/C11H13NO2S/c1-2-14-11(13)10-7-6-9(15-10)5-3-4-8-12/h6-7H,2,4,8,12H2,1H3. The fraction of sp³-hybridized carbons (Fsp3) is 0.364. The Kier molecular flexibility index (Phi) is 4.88. The highest BCUT2D eigenvalue weighted by molar-refractivity contribution is 7.14. The molecule has 1 aromatic rings. The van der Waals surface area contributed by atoms with Crippen LogP contribution in [0.5, 0.6) is 0 Å². The van der Waals surface area contributed by atoms with Crippen molar-refractivity contribution in [3.05, 3.63) is 21.9 Å². The molecule has 0 spiro atoms. The summed E-state index contributed by atoms with van der Waals surface area (Å²) in [6.07, 6.45) is 0.673. The van der Waals surface area contributed by atoms with Crippen molar-refractivity contribution in [3.8, 4) is 11.8 Å². The van der Waals surface area contributed by atoms with Crippen molar-refractivity contribution in [1.29, 1.82) is 0 Å². The maximum Gasteiger partial charge on any atom is 0.348 e. The van der Waals surface area contributed by atoms with E-state index in [2.05, 4.69) is 11.8 Å². The molecule has 1 aromatic heterocycles. The third-order valence-corrected chi connectivity index (χ3v) is 2.54. The monoisotopic (exact) mass is 223 g/mol. The van der Waals surface area contributed by atoms with E-state index in [0.29, 0.717) is 24.4 Å². The van der Waals surface area contributed by atoms with Gasteiger partial charge in [-0.1, -0.05) is 11.8 Å². The summed E-state index contributed by atoms with van der Waals surface area (Å²) in [6, 6.07) is 3.55. The summed E-state index contributed by atoms with van der Waals surface area (Å²) in [5.74, 6) is 5.58. The summed E-state index contributed by atoms with van der Waals surface area (Å²) in [6.45, 7) is 2.74. The molecule has 1 rings (SSSR count). The molecule has 0 aliphatic carbocycles. The van der Waals surface area contributed by atoms with Crippen LogP contribution in [0.25, 0.3) is 0 Å². The van der Waals surface area contributed by atoms with E-state index in [1.165, 1.54) is 11.3 Å². The predicted octanol–water partition coefficient (Wildman–Crippen LogP) is 1.63. The van der Waals surface area contributed by atoms with Crippen LogP contribution >= 0.6 is 11.3 Å². The van der Waals surface area contributed by atoms with Gasteiger partial charge in [-0.15, -0.1) is 11.3 Å². The van der Waals surface area contributed by atoms with Crippen molar-refractivity contribution in [3.63, 3.8) is 0 Å². The fourth-order valence-corrected chi connectivity index (χ4v) is 1.71. The Morgan fingerprint density at radius 1 is 1.60 bits per heavy atom. The van der Waals surface area contributed by atoms with Crippen LogP contribution in [0.15, 0.2) is 12.1 Å². The minimum absolute atomic E-state index is 0.283. The molecule has 80 valence electrons. The van der Waals surface area contributed by atoms with Crippen LogP contribution in [0.1, 0.15) is 27.9 Å². The Balaban J connectivity index is 2.65. The zero-order valence-corrected chi connectivity index (χ0v) is 9.39. The van der Waals surface area contributed by atoms with Gasteiger partial charge in [0.25, 0.3) is 0 Å². The van der Waals surface area contributed by atoms with Crippen molar-refractivity contribution in [2.24, 2.45) is 5.73 Å². The number of ether oxygens (including phenoxy) is 1. The van der Waals surface area contributed by atoms with E-state index >= 15 is 0 Å². The van der Waals surface area contributed by atoms with Gasteiger partial charge in [0.2, 0.25) is 0 Å². The second-order valence-electron chi connectivity index (χ2n) is 2.72. The molecule has 1 heterocycles. The highest BCUT2D eigenvalue weighted by atomic mass is 32.1. The molecule has 0 bridgehead atoms. The van der Waals surface area contributed by atoms with Crippen molar-refractivity contribution >= 4 is 17.3 Å². The van der Waals surface area contributed by atoms with E-state index in [9.17, 15) is 4.79 Å². The first-order valence-electron chi connectivity index (χ1n) is 4.73. The quantitative estimate of drug-likeness (QED) is 0.626. The molecule has 0 amide bonds. The molecule has 4 heteroatoms. The average molecular weight is 223 g/mol. The molecule has 2 N–H and O–H groups in total. The lowest BCUT2D eigenvalue weighted by Crippen LogP contribution is -2.01. The van der Waals surface area contributed by atoms with Crippen LogP contribution in [0.3, 0.4) is 0 Å². The van der Waals surface area contributed by atoms with Gasteiger partial charge in [0.05, 0.1) is 11.5 Å². The third-order valence-electron chi connectivity index (χ3n) is 1.56. The van der Waals surface area contributed by atoms with E-state index in [0.717, 1.165) is 4.88 Å². The number of thiophene rings is 1. The number of hydrogen-bond acceptors (Lipinski definition) is 4. The molecular formula is C11H13NO2S. The average Bonchev–Trinajstić information content (AvgIpc) is 2.67. The van der Waals surface area contributed by atoms with Gasteiger partial charge in [0.15, 0.2) is 0 Å². The summed E-state index contributed by atoms with van der Waals surface area (Å²) in [7, 11) is 0. The van der Waals surface area contributed by atoms with E-state index in [-0.39, 0.29) is 5.97 Å². The Morgan fingerprint density at radius 3 is 3.07 bits per heavy atom. The van der Waals surface area contributed by atoms with Gasteiger partial charge in [-0.2, -0.15) is 0 Å². The van der Waals surface area contributed by atoms with Crippen LogP contribution < -0.4 is 5.73 Å². The zero-order valence-electron chi connectivity index (χ0n) is 8.58. The number of nitrogens with two attached hydrogens (primary N) is 1. The van der Waals surface area contributed by atoms with Gasteiger partial charge in [-0.25, -0.2) is 4.79 Å². The smallest absolute Gasteiger partial charge is 0.348 e. The van der Waals surface area contributed by atoms with Gasteiger partial charge >= 0.3 is 5.97 Å². The summed E-state index contributed by atoms with van der Waals surface area (Å²) < 4.78 is 4.87. The third kappa shape index (κ3) is 3.74. The lowest BCUT2D eigenvalue weighted by molar-refractivity contribution is 0.0532. The van der Waals surface area contributed by atoms with Gasteiger partial charge in [-0.05, 0) is 19.1 Å². The molecule has 0 saturated carbocycles. The minimum Gasteiger partial charge on any atom is -0.462 e. The van der Waals surface area contributed by atoms with Crippen LogP contribution in [-0.2, 0) is 4.74 Å². The summed E-state index contributed by atoms with van der Waals surface area (Å²) in [5.41, 5.74) is 5.31. The van der Waals surface area contributed by atoms with Crippen LogP contribution in [0.2, 0.25) is 0 Å². The fourth-order valence-electron chi connectivity index (χ4n) is 0.939. The molecule has 3 nitrogen and oxygen atoms in total. The molecule has 0 radical (unpaired) electrons. The molecule has 0 saturated heterocycles. The Hall–Kier alpha value is -1.31. The van der Waals surface area contributed by atoms with E-state index in [1.807, 2.05) is 6.07 Å². The summed E-state index contributed by atoms with van der Waals surface area (Å²) in [4.78, 5) is 12.8. The maximum absolute atomic E-state index is 11.3. The first-order valence-corrected chi connectivity index (χ1v) is 5.55. The second-order valence-corrected chi connectivity index (χ2v) is 3.81. The van der Waals surface area contributed by atoms with Gasteiger partial charge in [0.1, 0.15) is 4.88 Å². The van der Waals surface area contributed by atoms with Crippen LogP contribution in [-0.4, -0.2) is 19.1 Å². The first kappa shape index (κ1) is 11.8. The molecule has 0 atom stereocenters. The Bertz CT molecular complexity index is 387. The normalized spacial score (nSPS) is 9.20. The molecule has 0 aliphatic rings. The van der Waals surface area contributed by atoms with Gasteiger partial charge < -0.3 is 10.5 Å². The van der Waals surface area contributed by atoms with E-state index in [1.54, 1.807) is 13.0 Å². The van der Waals surface area contributed by atoms with Crippen molar-refractivity contribution in [1.82, 2.24) is 0 Å². The Morgan fingerprint density at radius 2 is 2.40 bits per heavy atom. The second kappa shape index (κ2) is 6.23.